The van der Waals surface area contributed by atoms with Crippen LogP contribution in [0.25, 0.3) is 83.3 Å². The Kier molecular flexibility index (Phi) is 46.8. The summed E-state index contributed by atoms with van der Waals surface area (Å²) in [5.41, 5.74) is 27.7. The van der Waals surface area contributed by atoms with Gasteiger partial charge in [-0.25, -0.2) is 39.7 Å². The molecule has 19 nitrogen and oxygen atoms in total. The standard InChI is InChI=1S/C11H10N2O2.C10H11BrN2.C10H12N2O.C9H9BrN2.C9H11N3.C9H10N2O.C9H10N2S.7C2H6/c1-7-12-9-4-2-8(3-5-11(14)15)6-10(9)13-7;1-7-12-9-3-2-8(4-5-11)6-10(9)13-7;1-7-11-9-3-2-8(4-5-13)6-10(9)12-7;2*1-6-11-8-3-2-7(5-10)4-9(8)12-6;2*1-6-10-8-3-2-7(5-12)4-9(8)11-6;7*1-2/h2-6H,1H3,(H,12,13)(H,14,15);2-3,6H,4-5H2,1H3,(H,12,13);2-3,6,13H,4-5H2,1H3,(H,11,12);2-4H,5H2,1H3,(H,11,12);2-4H,5,10H2,1H3,(H,11,12);2*2-4,12H,5H2,1H3,(H,10,11);7*1-2H3/b5-3+;;;;;;;;;;;;;. The number of thiol groups is 1. The molecule has 0 aliphatic heterocycles. The van der Waals surface area contributed by atoms with Crippen molar-refractivity contribution in [2.45, 2.75) is 182 Å². The van der Waals surface area contributed by atoms with Crippen LogP contribution < -0.4 is 5.73 Å². The number of imidazole rings is 7. The molecule has 0 bridgehead atoms. The van der Waals surface area contributed by atoms with Gasteiger partial charge < -0.3 is 55.9 Å². The smallest absolute Gasteiger partial charge is 0.328 e. The van der Waals surface area contributed by atoms with Crippen LogP contribution in [0, 0.1) is 48.5 Å². The number of carboxylic acids is 1. The molecule has 0 radical (unpaired) electrons. The van der Waals surface area contributed by atoms with Crippen molar-refractivity contribution >= 4 is 134 Å². The van der Waals surface area contributed by atoms with Gasteiger partial charge in [-0.15, -0.1) is 0 Å². The Balaban J connectivity index is 0.000000584. The molecule has 22 heteroatoms. The van der Waals surface area contributed by atoms with Gasteiger partial charge in [-0.1, -0.05) is 171 Å². The van der Waals surface area contributed by atoms with E-state index in [0.717, 1.165) is 169 Å². The topological polar surface area (TPSA) is 305 Å². The molecule has 12 N–H and O–H groups in total. The highest BCUT2D eigenvalue weighted by Crippen LogP contribution is 2.20. The van der Waals surface area contributed by atoms with E-state index < -0.39 is 5.97 Å². The summed E-state index contributed by atoms with van der Waals surface area (Å²) in [5, 5.41) is 28.0. The number of fused-ring (bicyclic) bond motifs is 7. The molecule has 558 valence electrons. The minimum Gasteiger partial charge on any atom is -0.478 e. The summed E-state index contributed by atoms with van der Waals surface area (Å²) < 4.78 is 0. The van der Waals surface area contributed by atoms with Crippen LogP contribution in [-0.4, -0.2) is 103 Å². The number of aromatic amines is 7. The number of hydrogen-bond acceptors (Lipinski definition) is 12. The molecular weight excluding hydrogens is 1440 g/mol. The van der Waals surface area contributed by atoms with Gasteiger partial charge in [0.05, 0.1) is 83.8 Å². The number of alkyl halides is 2. The highest BCUT2D eigenvalue weighted by molar-refractivity contribution is 9.09. The molecule has 0 unspecified atom stereocenters. The first kappa shape index (κ1) is 92.2. The summed E-state index contributed by atoms with van der Waals surface area (Å²) >= 11 is 11.1. The quantitative estimate of drug-likeness (QED) is 0.0346. The fraction of sp³-hybridized carbons (Fsp3) is 0.358. The van der Waals surface area contributed by atoms with E-state index in [-0.39, 0.29) is 13.2 Å². The molecule has 7 aromatic carbocycles. The number of carbonyl (C=O) groups is 1. The van der Waals surface area contributed by atoms with Crippen molar-refractivity contribution in [1.82, 2.24) is 69.8 Å². The number of aryl methyl sites for hydroxylation is 8. The fourth-order valence-corrected chi connectivity index (χ4v) is 10.5. The number of hydrogen-bond donors (Lipinski definition) is 12. The lowest BCUT2D eigenvalue weighted by molar-refractivity contribution is -0.131. The molecule has 14 rings (SSSR count). The zero-order valence-corrected chi connectivity index (χ0v) is 68.7. The second kappa shape index (κ2) is 52.2. The van der Waals surface area contributed by atoms with Crippen LogP contribution in [0.4, 0.5) is 0 Å². The van der Waals surface area contributed by atoms with Gasteiger partial charge in [0.15, 0.2) is 0 Å². The molecule has 0 aliphatic rings. The first-order valence-corrected chi connectivity index (χ1v) is 38.5. The summed E-state index contributed by atoms with van der Waals surface area (Å²) in [4.78, 5) is 62.6. The van der Waals surface area contributed by atoms with Crippen molar-refractivity contribution in [2.75, 3.05) is 11.9 Å². The number of carboxylic acid groups (broad SMARTS) is 1. The third kappa shape index (κ3) is 31.4. The zero-order valence-electron chi connectivity index (χ0n) is 64.6. The number of rotatable bonds is 10. The Morgan fingerprint density at radius 3 is 0.951 bits per heavy atom. The van der Waals surface area contributed by atoms with Crippen LogP contribution in [0.5, 0.6) is 0 Å². The first-order valence-electron chi connectivity index (χ1n) is 35.6. The van der Waals surface area contributed by atoms with Crippen molar-refractivity contribution in [2.24, 2.45) is 5.73 Å². The average Bonchev–Trinajstić information content (AvgIpc) is 1.85. The number of benzene rings is 7. The molecule has 0 saturated carbocycles. The zero-order chi connectivity index (χ0) is 77.6. The second-order valence-corrected chi connectivity index (χ2v) is 22.5. The molecule has 0 fully saturated rings. The van der Waals surface area contributed by atoms with Gasteiger partial charge in [-0.3, -0.25) is 0 Å². The maximum absolute atomic E-state index is 10.3. The molecule has 7 aromatic heterocycles. The minimum atomic E-state index is -0.948. The van der Waals surface area contributed by atoms with E-state index in [9.17, 15) is 4.79 Å². The number of aliphatic hydroxyl groups is 2. The van der Waals surface area contributed by atoms with Gasteiger partial charge in [0, 0.05) is 35.6 Å². The second-order valence-electron chi connectivity index (χ2n) is 20.9. The van der Waals surface area contributed by atoms with E-state index >= 15 is 0 Å². The number of aliphatic carboxylic acids is 1. The predicted molar refractivity (Wildman–Crippen MR) is 449 cm³/mol. The summed E-state index contributed by atoms with van der Waals surface area (Å²) in [7, 11) is 0. The molecule has 0 saturated heterocycles. The Hall–Kier alpha value is -8.77. The molecule has 14 aromatic rings. The molecule has 0 atom stereocenters. The SMILES string of the molecule is CC.CC.CC.CC.CC.CC.CC.Cc1nc2ccc(/C=C/C(=O)O)cc2[nH]1.Cc1nc2ccc(CBr)cc2[nH]1.Cc1nc2ccc(CCBr)cc2[nH]1.Cc1nc2ccc(CCO)cc2[nH]1.Cc1nc2ccc(CN)cc2[nH]1.Cc1nc2ccc(CO)cc2[nH]1.Cc1nc2ccc(CS)cc2[nH]1. The number of H-pyrrole nitrogens is 7. The fourth-order valence-electron chi connectivity index (χ4n) is 9.49. The lowest BCUT2D eigenvalue weighted by Gasteiger charge is -1.96. The van der Waals surface area contributed by atoms with E-state index in [0.29, 0.717) is 13.0 Å². The van der Waals surface area contributed by atoms with Crippen LogP contribution in [0.15, 0.2) is 133 Å². The molecule has 0 amide bonds. The highest BCUT2D eigenvalue weighted by atomic mass is 79.9. The largest absolute Gasteiger partial charge is 0.478 e. The van der Waals surface area contributed by atoms with E-state index in [1.54, 1.807) is 6.08 Å². The lowest BCUT2D eigenvalue weighted by atomic mass is 10.1. The molecular formula is C81H115Br2N15O4S. The van der Waals surface area contributed by atoms with Gasteiger partial charge >= 0.3 is 5.97 Å². The molecule has 0 spiro atoms. The van der Waals surface area contributed by atoms with E-state index in [2.05, 4.69) is 157 Å². The predicted octanol–water partition coefficient (Wildman–Crippen LogP) is 21.1. The van der Waals surface area contributed by atoms with Gasteiger partial charge in [-0.2, -0.15) is 12.6 Å². The van der Waals surface area contributed by atoms with Crippen LogP contribution >= 0.6 is 44.5 Å². The molecule has 0 aliphatic carbocycles. The summed E-state index contributed by atoms with van der Waals surface area (Å²) in [6.07, 6.45) is 4.43. The van der Waals surface area contributed by atoms with E-state index in [4.69, 9.17) is 21.1 Å². The number of nitrogens with one attached hydrogen (secondary N) is 7. The average molecular weight is 1550 g/mol. The van der Waals surface area contributed by atoms with Crippen LogP contribution in [0.3, 0.4) is 0 Å². The van der Waals surface area contributed by atoms with Crippen molar-refractivity contribution < 1.29 is 20.1 Å². The van der Waals surface area contributed by atoms with Crippen molar-refractivity contribution in [3.8, 4) is 0 Å². The maximum atomic E-state index is 10.3. The van der Waals surface area contributed by atoms with Crippen LogP contribution in [0.1, 0.15) is 177 Å². The van der Waals surface area contributed by atoms with Crippen LogP contribution in [0.2, 0.25) is 0 Å². The summed E-state index contributed by atoms with van der Waals surface area (Å²) in [6.45, 7) is 42.4. The normalized spacial score (nSPS) is 9.85. The number of halogens is 2. The van der Waals surface area contributed by atoms with E-state index in [1.165, 1.54) is 16.7 Å². The number of aliphatic hydroxyl groups excluding tert-OH is 2. The summed E-state index contributed by atoms with van der Waals surface area (Å²) in [6, 6.07) is 42.0. The first-order chi connectivity index (χ1) is 49.9. The molecule has 103 heavy (non-hydrogen) atoms. The monoisotopic (exact) mass is 1550 g/mol. The van der Waals surface area contributed by atoms with Gasteiger partial charge in [-0.05, 0) is 191 Å². The Morgan fingerprint density at radius 1 is 0.388 bits per heavy atom. The molecule has 7 heterocycles. The van der Waals surface area contributed by atoms with Gasteiger partial charge in [0.1, 0.15) is 40.8 Å². The minimum absolute atomic E-state index is 0.0774. The van der Waals surface area contributed by atoms with E-state index in [1.807, 2.05) is 230 Å². The number of aromatic nitrogens is 14. The number of nitrogens with zero attached hydrogens (tertiary/aromatic N) is 7. The van der Waals surface area contributed by atoms with Gasteiger partial charge in [0.25, 0.3) is 0 Å². The lowest BCUT2D eigenvalue weighted by Crippen LogP contribution is -1.95. The van der Waals surface area contributed by atoms with Crippen molar-refractivity contribution in [1.29, 1.82) is 0 Å². The third-order valence-electron chi connectivity index (χ3n) is 13.6. The Morgan fingerprint density at radius 2 is 0.650 bits per heavy atom. The maximum Gasteiger partial charge on any atom is 0.328 e. The summed E-state index contributed by atoms with van der Waals surface area (Å²) in [5.74, 6) is 6.35. The van der Waals surface area contributed by atoms with Gasteiger partial charge in [0.2, 0.25) is 0 Å². The van der Waals surface area contributed by atoms with Crippen molar-refractivity contribution in [3.05, 3.63) is 213 Å². The third-order valence-corrected chi connectivity index (χ3v) is 15.0. The highest BCUT2D eigenvalue weighted by Gasteiger charge is 2.06. The van der Waals surface area contributed by atoms with Crippen LogP contribution in [-0.2, 0) is 41.9 Å². The van der Waals surface area contributed by atoms with Crippen molar-refractivity contribution in [3.63, 3.8) is 0 Å². The number of nitrogens with two attached hydrogens (primary N) is 1. The Labute approximate surface area is 632 Å². The Bertz CT molecular complexity index is 4250.